The summed E-state index contributed by atoms with van der Waals surface area (Å²) in [6.45, 7) is 0. The van der Waals surface area contributed by atoms with Crippen LogP contribution in [0.1, 0.15) is 0 Å². The van der Waals surface area contributed by atoms with Crippen molar-refractivity contribution in [2.24, 2.45) is 0 Å². The fraction of sp³-hybridized carbons (Fsp3) is 0. The van der Waals surface area contributed by atoms with Crippen LogP contribution in [-0.4, -0.2) is 0 Å². The summed E-state index contributed by atoms with van der Waals surface area (Å²) in [5.74, 6) is 0. The Morgan fingerprint density at radius 2 is 0.682 bits per heavy atom. The molecule has 0 aliphatic heterocycles. The lowest BCUT2D eigenvalue weighted by molar-refractivity contribution is 1.64. The van der Waals surface area contributed by atoms with Crippen molar-refractivity contribution in [3.63, 3.8) is 0 Å². The molecule has 9 aromatic carbocycles. The van der Waals surface area contributed by atoms with E-state index in [-0.39, 0.29) is 0 Å². The molecule has 44 heavy (non-hydrogen) atoms. The van der Waals surface area contributed by atoms with Gasteiger partial charge >= 0.3 is 0 Å². The lowest BCUT2D eigenvalue weighted by Gasteiger charge is -2.20. The summed E-state index contributed by atoms with van der Waals surface area (Å²) >= 11 is 0. The molecule has 0 spiro atoms. The van der Waals surface area contributed by atoms with Crippen molar-refractivity contribution >= 4 is 53.9 Å². The molecule has 0 heterocycles. The van der Waals surface area contributed by atoms with Gasteiger partial charge in [-0.2, -0.15) is 0 Å². The van der Waals surface area contributed by atoms with E-state index in [1.54, 1.807) is 0 Å². The second kappa shape index (κ2) is 9.93. The quantitative estimate of drug-likeness (QED) is 0.150. The average molecular weight is 557 g/mol. The second-order valence-electron chi connectivity index (χ2n) is 11.6. The molecule has 0 atom stereocenters. The maximum absolute atomic E-state index is 2.40. The summed E-state index contributed by atoms with van der Waals surface area (Å²) < 4.78 is 0. The average Bonchev–Trinajstić information content (AvgIpc) is 3.10. The summed E-state index contributed by atoms with van der Waals surface area (Å²) in [7, 11) is 0. The molecule has 0 N–H and O–H groups in total. The highest BCUT2D eigenvalue weighted by atomic mass is 14.2. The van der Waals surface area contributed by atoms with Gasteiger partial charge in [0.15, 0.2) is 0 Å². The highest BCUT2D eigenvalue weighted by Crippen LogP contribution is 2.46. The van der Waals surface area contributed by atoms with E-state index in [4.69, 9.17) is 0 Å². The first kappa shape index (κ1) is 24.8. The molecule has 0 amide bonds. The maximum atomic E-state index is 2.40. The Bertz CT molecular complexity index is 2480. The van der Waals surface area contributed by atoms with Gasteiger partial charge in [-0.05, 0) is 93.3 Å². The van der Waals surface area contributed by atoms with Crippen LogP contribution in [0.25, 0.3) is 87.2 Å². The second-order valence-corrected chi connectivity index (χ2v) is 11.6. The van der Waals surface area contributed by atoms with Gasteiger partial charge in [-0.1, -0.05) is 164 Å². The number of rotatable bonds is 3. The van der Waals surface area contributed by atoms with E-state index < -0.39 is 0 Å². The third-order valence-corrected chi connectivity index (χ3v) is 9.25. The molecule has 0 aliphatic rings. The summed E-state index contributed by atoms with van der Waals surface area (Å²) in [5, 5.41) is 12.8. The van der Waals surface area contributed by atoms with E-state index in [0.717, 1.165) is 0 Å². The SMILES string of the molecule is c1ccc(-c2ccc(-c3c4ccccc4c(-c4ccc5ccc6ccccc6c5c4)c4ccccc34)c3ccccc23)cc1. The molecule has 9 aromatic rings. The Balaban J connectivity index is 1.38. The monoisotopic (exact) mass is 556 g/mol. The number of hydrogen-bond acceptors (Lipinski definition) is 0. The largest absolute Gasteiger partial charge is 0.0622 e. The Morgan fingerprint density at radius 1 is 0.227 bits per heavy atom. The summed E-state index contributed by atoms with van der Waals surface area (Å²) in [5.41, 5.74) is 7.60. The number of benzene rings is 9. The minimum absolute atomic E-state index is 1.24. The predicted octanol–water partition coefficient (Wildman–Crippen LogP) is 12.5. The van der Waals surface area contributed by atoms with Crippen LogP contribution in [0.5, 0.6) is 0 Å². The van der Waals surface area contributed by atoms with Gasteiger partial charge in [-0.3, -0.25) is 0 Å². The van der Waals surface area contributed by atoms with Crippen LogP contribution in [0.3, 0.4) is 0 Å². The van der Waals surface area contributed by atoms with Crippen LogP contribution in [0.15, 0.2) is 170 Å². The Morgan fingerprint density at radius 3 is 1.34 bits per heavy atom. The Labute approximate surface area is 256 Å². The van der Waals surface area contributed by atoms with Crippen LogP contribution >= 0.6 is 0 Å². The first-order valence-corrected chi connectivity index (χ1v) is 15.3. The van der Waals surface area contributed by atoms with Crippen LogP contribution in [-0.2, 0) is 0 Å². The van der Waals surface area contributed by atoms with E-state index >= 15 is 0 Å². The standard InChI is InChI=1S/C44H28/c1-2-12-29(13-3-1)34-26-27-41(36-17-7-6-16-35(34)36)44-39-20-10-8-18-37(39)43(38-19-9-11-21-40(38)44)32-25-24-31-23-22-30-14-4-5-15-33(30)42(31)28-32/h1-28H. The summed E-state index contributed by atoms with van der Waals surface area (Å²) in [6, 6.07) is 62.3. The molecule has 0 heteroatoms. The molecule has 0 saturated heterocycles. The molecule has 204 valence electrons. The topological polar surface area (TPSA) is 0 Å². The molecule has 0 nitrogen and oxygen atoms in total. The van der Waals surface area contributed by atoms with E-state index in [1.165, 1.54) is 87.2 Å². The van der Waals surface area contributed by atoms with Crippen LogP contribution < -0.4 is 0 Å². The molecule has 0 unspecified atom stereocenters. The highest BCUT2D eigenvalue weighted by Gasteiger charge is 2.19. The lowest BCUT2D eigenvalue weighted by atomic mass is 9.83. The first-order chi connectivity index (χ1) is 21.8. The Hall–Kier alpha value is -5.72. The molecule has 0 aliphatic carbocycles. The molecule has 0 saturated carbocycles. The molecule has 0 fully saturated rings. The minimum Gasteiger partial charge on any atom is -0.0622 e. The van der Waals surface area contributed by atoms with Gasteiger partial charge in [0.1, 0.15) is 0 Å². The zero-order valence-electron chi connectivity index (χ0n) is 24.2. The summed E-state index contributed by atoms with van der Waals surface area (Å²) in [4.78, 5) is 0. The van der Waals surface area contributed by atoms with Gasteiger partial charge in [-0.15, -0.1) is 0 Å². The fourth-order valence-corrected chi connectivity index (χ4v) is 7.27. The molecular weight excluding hydrogens is 528 g/mol. The van der Waals surface area contributed by atoms with Gasteiger partial charge in [0, 0.05) is 0 Å². The summed E-state index contributed by atoms with van der Waals surface area (Å²) in [6.07, 6.45) is 0. The third kappa shape index (κ3) is 3.78. The molecule has 0 radical (unpaired) electrons. The maximum Gasteiger partial charge on any atom is -0.00201 e. The smallest absolute Gasteiger partial charge is 0.00201 e. The van der Waals surface area contributed by atoms with Crippen molar-refractivity contribution in [3.05, 3.63) is 170 Å². The highest BCUT2D eigenvalue weighted by molar-refractivity contribution is 6.24. The molecule has 0 aromatic heterocycles. The Kier molecular flexibility index (Phi) is 5.61. The molecule has 9 rings (SSSR count). The minimum atomic E-state index is 1.24. The van der Waals surface area contributed by atoms with Crippen molar-refractivity contribution < 1.29 is 0 Å². The normalized spacial score (nSPS) is 11.6. The molecular formula is C44H28. The van der Waals surface area contributed by atoms with Gasteiger partial charge in [0.2, 0.25) is 0 Å². The third-order valence-electron chi connectivity index (χ3n) is 9.25. The van der Waals surface area contributed by atoms with E-state index in [0.29, 0.717) is 0 Å². The van der Waals surface area contributed by atoms with Crippen molar-refractivity contribution in [1.82, 2.24) is 0 Å². The van der Waals surface area contributed by atoms with E-state index in [1.807, 2.05) is 0 Å². The van der Waals surface area contributed by atoms with Crippen molar-refractivity contribution in [3.8, 4) is 33.4 Å². The van der Waals surface area contributed by atoms with Gasteiger partial charge in [0.25, 0.3) is 0 Å². The number of hydrogen-bond donors (Lipinski definition) is 0. The van der Waals surface area contributed by atoms with Gasteiger partial charge in [-0.25, -0.2) is 0 Å². The van der Waals surface area contributed by atoms with Crippen LogP contribution in [0, 0.1) is 0 Å². The zero-order chi connectivity index (χ0) is 29.0. The molecule has 0 bridgehead atoms. The van der Waals surface area contributed by atoms with E-state index in [9.17, 15) is 0 Å². The van der Waals surface area contributed by atoms with Crippen molar-refractivity contribution in [2.45, 2.75) is 0 Å². The van der Waals surface area contributed by atoms with Crippen molar-refractivity contribution in [2.75, 3.05) is 0 Å². The van der Waals surface area contributed by atoms with Crippen LogP contribution in [0.4, 0.5) is 0 Å². The predicted molar refractivity (Wildman–Crippen MR) is 190 cm³/mol. The zero-order valence-corrected chi connectivity index (χ0v) is 24.2. The lowest BCUT2D eigenvalue weighted by Crippen LogP contribution is -1.92. The van der Waals surface area contributed by atoms with Gasteiger partial charge < -0.3 is 0 Å². The fourth-order valence-electron chi connectivity index (χ4n) is 7.27. The van der Waals surface area contributed by atoms with Crippen LogP contribution in [0.2, 0.25) is 0 Å². The number of fused-ring (bicyclic) bond motifs is 6. The first-order valence-electron chi connectivity index (χ1n) is 15.3. The van der Waals surface area contributed by atoms with Gasteiger partial charge in [0.05, 0.1) is 0 Å². The van der Waals surface area contributed by atoms with Crippen molar-refractivity contribution in [1.29, 1.82) is 0 Å². The van der Waals surface area contributed by atoms with E-state index in [2.05, 4.69) is 170 Å².